The summed E-state index contributed by atoms with van der Waals surface area (Å²) in [6, 6.07) is 4.04. The van der Waals surface area contributed by atoms with Crippen molar-refractivity contribution < 1.29 is 4.74 Å². The summed E-state index contributed by atoms with van der Waals surface area (Å²) in [5, 5.41) is 3.02. The number of hydrogen-bond donors (Lipinski definition) is 1. The third-order valence-corrected chi connectivity index (χ3v) is 1.74. The number of ether oxygens (including phenoxy) is 1. The lowest BCUT2D eigenvalue weighted by molar-refractivity contribution is 0.134. The molecule has 1 aromatic rings. The molecule has 0 fully saturated rings. The van der Waals surface area contributed by atoms with Crippen LogP contribution in [0.15, 0.2) is 12.1 Å². The maximum absolute atomic E-state index is 5.32. The smallest absolute Gasteiger partial charge is 0.126 e. The van der Waals surface area contributed by atoms with E-state index in [-0.39, 0.29) is 0 Å². The van der Waals surface area contributed by atoms with Gasteiger partial charge >= 0.3 is 0 Å². The molecule has 3 nitrogen and oxygen atoms in total. The molecule has 0 aliphatic carbocycles. The van der Waals surface area contributed by atoms with Gasteiger partial charge in [-0.2, -0.15) is 0 Å². The van der Waals surface area contributed by atoms with Gasteiger partial charge in [0.25, 0.3) is 0 Å². The Balaban J connectivity index is 2.76. The Hall–Kier alpha value is -1.09. The van der Waals surface area contributed by atoms with E-state index in [2.05, 4.69) is 10.3 Å². The maximum Gasteiger partial charge on any atom is 0.126 e. The molecular weight excluding hydrogens is 164 g/mol. The van der Waals surface area contributed by atoms with E-state index in [1.54, 1.807) is 0 Å². The number of nitrogens with one attached hydrogen (secondary N) is 1. The van der Waals surface area contributed by atoms with Gasteiger partial charge in [-0.05, 0) is 31.5 Å². The zero-order chi connectivity index (χ0) is 9.68. The number of pyridine rings is 1. The fraction of sp³-hybridized carbons (Fsp3) is 0.500. The summed E-state index contributed by atoms with van der Waals surface area (Å²) >= 11 is 0. The maximum atomic E-state index is 5.32. The first-order chi connectivity index (χ1) is 6.26. The van der Waals surface area contributed by atoms with Gasteiger partial charge in [-0.15, -0.1) is 0 Å². The van der Waals surface area contributed by atoms with E-state index in [0.29, 0.717) is 6.61 Å². The lowest BCUT2D eigenvalue weighted by Crippen LogP contribution is -1.98. The summed E-state index contributed by atoms with van der Waals surface area (Å²) < 4.78 is 5.32. The summed E-state index contributed by atoms with van der Waals surface area (Å²) in [6.45, 7) is 5.38. The number of rotatable bonds is 4. The average molecular weight is 180 g/mol. The molecule has 1 aromatic heterocycles. The van der Waals surface area contributed by atoms with Crippen molar-refractivity contribution in [3.8, 4) is 0 Å². The van der Waals surface area contributed by atoms with E-state index in [0.717, 1.165) is 18.1 Å². The Morgan fingerprint density at radius 1 is 1.46 bits per heavy atom. The highest BCUT2D eigenvalue weighted by molar-refractivity contribution is 5.38. The molecule has 0 aromatic carbocycles. The zero-order valence-corrected chi connectivity index (χ0v) is 8.42. The molecule has 0 atom stereocenters. The normalized spacial score (nSPS) is 10.1. The van der Waals surface area contributed by atoms with Crippen LogP contribution in [0.3, 0.4) is 0 Å². The third kappa shape index (κ3) is 3.03. The average Bonchev–Trinajstić information content (AvgIpc) is 2.14. The second kappa shape index (κ2) is 4.82. The molecule has 0 aliphatic heterocycles. The fourth-order valence-corrected chi connectivity index (χ4v) is 1.17. The predicted molar refractivity (Wildman–Crippen MR) is 53.9 cm³/mol. The van der Waals surface area contributed by atoms with Crippen molar-refractivity contribution in [3.05, 3.63) is 23.4 Å². The minimum absolute atomic E-state index is 0.661. The van der Waals surface area contributed by atoms with Crippen LogP contribution in [0.4, 0.5) is 5.82 Å². The molecule has 0 spiro atoms. The molecule has 0 unspecified atom stereocenters. The standard InChI is InChI=1S/C10H16N2O/c1-4-13-7-9-5-8(2)12-10(6-9)11-3/h5-6H,4,7H2,1-3H3,(H,11,12). The monoisotopic (exact) mass is 180 g/mol. The van der Waals surface area contributed by atoms with Crippen molar-refractivity contribution in [1.82, 2.24) is 4.98 Å². The topological polar surface area (TPSA) is 34.1 Å². The second-order valence-corrected chi connectivity index (χ2v) is 2.89. The van der Waals surface area contributed by atoms with Crippen LogP contribution in [0.5, 0.6) is 0 Å². The Labute approximate surface area is 79.1 Å². The van der Waals surface area contributed by atoms with Crippen molar-refractivity contribution in [2.45, 2.75) is 20.5 Å². The molecule has 0 saturated heterocycles. The van der Waals surface area contributed by atoms with Gasteiger partial charge in [0, 0.05) is 19.3 Å². The molecule has 0 bridgehead atoms. The highest BCUT2D eigenvalue weighted by Crippen LogP contribution is 2.10. The number of aromatic nitrogens is 1. The first-order valence-corrected chi connectivity index (χ1v) is 4.49. The Morgan fingerprint density at radius 3 is 2.85 bits per heavy atom. The van der Waals surface area contributed by atoms with E-state index in [1.807, 2.05) is 33.0 Å². The summed E-state index contributed by atoms with van der Waals surface area (Å²) in [6.07, 6.45) is 0. The molecule has 13 heavy (non-hydrogen) atoms. The molecule has 1 N–H and O–H groups in total. The molecule has 0 aliphatic rings. The number of anilines is 1. The van der Waals surface area contributed by atoms with Crippen LogP contribution in [-0.2, 0) is 11.3 Å². The minimum Gasteiger partial charge on any atom is -0.377 e. The Kier molecular flexibility index (Phi) is 3.71. The highest BCUT2D eigenvalue weighted by atomic mass is 16.5. The number of aryl methyl sites for hydroxylation is 1. The summed E-state index contributed by atoms with van der Waals surface area (Å²) in [5.74, 6) is 0.898. The van der Waals surface area contributed by atoms with Crippen LogP contribution in [-0.4, -0.2) is 18.6 Å². The lowest BCUT2D eigenvalue weighted by atomic mass is 10.2. The Bertz CT molecular complexity index is 274. The summed E-state index contributed by atoms with van der Waals surface area (Å²) in [5.41, 5.74) is 2.18. The zero-order valence-electron chi connectivity index (χ0n) is 8.42. The highest BCUT2D eigenvalue weighted by Gasteiger charge is 1.98. The molecular formula is C10H16N2O. The van der Waals surface area contributed by atoms with Crippen LogP contribution in [0.2, 0.25) is 0 Å². The van der Waals surface area contributed by atoms with E-state index in [4.69, 9.17) is 4.74 Å². The van der Waals surface area contributed by atoms with Crippen molar-refractivity contribution in [3.63, 3.8) is 0 Å². The molecule has 72 valence electrons. The van der Waals surface area contributed by atoms with Gasteiger partial charge in [0.15, 0.2) is 0 Å². The molecule has 0 saturated carbocycles. The molecule has 1 heterocycles. The minimum atomic E-state index is 0.661. The van der Waals surface area contributed by atoms with Crippen molar-refractivity contribution in [2.75, 3.05) is 19.0 Å². The fourth-order valence-electron chi connectivity index (χ4n) is 1.17. The molecule has 0 amide bonds. The van der Waals surface area contributed by atoms with E-state index in [9.17, 15) is 0 Å². The van der Waals surface area contributed by atoms with Crippen LogP contribution in [0.25, 0.3) is 0 Å². The Morgan fingerprint density at radius 2 is 2.23 bits per heavy atom. The van der Waals surface area contributed by atoms with Crippen LogP contribution >= 0.6 is 0 Å². The quantitative estimate of drug-likeness (QED) is 0.769. The molecule has 0 radical (unpaired) electrons. The van der Waals surface area contributed by atoms with Gasteiger partial charge in [-0.25, -0.2) is 4.98 Å². The van der Waals surface area contributed by atoms with Crippen LogP contribution in [0.1, 0.15) is 18.2 Å². The van der Waals surface area contributed by atoms with Gasteiger partial charge in [0.2, 0.25) is 0 Å². The summed E-state index contributed by atoms with van der Waals surface area (Å²) in [7, 11) is 1.87. The third-order valence-electron chi connectivity index (χ3n) is 1.74. The van der Waals surface area contributed by atoms with Crippen molar-refractivity contribution in [2.24, 2.45) is 0 Å². The van der Waals surface area contributed by atoms with Gasteiger partial charge in [0.1, 0.15) is 5.82 Å². The summed E-state index contributed by atoms with van der Waals surface area (Å²) in [4.78, 5) is 4.29. The van der Waals surface area contributed by atoms with Gasteiger partial charge in [-0.3, -0.25) is 0 Å². The number of nitrogens with zero attached hydrogens (tertiary/aromatic N) is 1. The van der Waals surface area contributed by atoms with Crippen molar-refractivity contribution >= 4 is 5.82 Å². The molecule has 1 rings (SSSR count). The molecule has 3 heteroatoms. The van der Waals surface area contributed by atoms with E-state index < -0.39 is 0 Å². The van der Waals surface area contributed by atoms with Gasteiger partial charge < -0.3 is 10.1 Å². The van der Waals surface area contributed by atoms with Gasteiger partial charge in [0.05, 0.1) is 6.61 Å². The second-order valence-electron chi connectivity index (χ2n) is 2.89. The first-order valence-electron chi connectivity index (χ1n) is 4.49. The number of hydrogen-bond acceptors (Lipinski definition) is 3. The van der Waals surface area contributed by atoms with E-state index in [1.165, 1.54) is 5.56 Å². The van der Waals surface area contributed by atoms with Crippen molar-refractivity contribution in [1.29, 1.82) is 0 Å². The predicted octanol–water partition coefficient (Wildman–Crippen LogP) is 1.97. The van der Waals surface area contributed by atoms with E-state index >= 15 is 0 Å². The SMILES string of the molecule is CCOCc1cc(C)nc(NC)c1. The largest absolute Gasteiger partial charge is 0.377 e. The first kappa shape index (κ1) is 9.99. The lowest BCUT2D eigenvalue weighted by Gasteiger charge is -2.06. The van der Waals surface area contributed by atoms with Gasteiger partial charge in [-0.1, -0.05) is 0 Å². The van der Waals surface area contributed by atoms with Crippen LogP contribution in [0, 0.1) is 6.92 Å². The van der Waals surface area contributed by atoms with Crippen LogP contribution < -0.4 is 5.32 Å².